The van der Waals surface area contributed by atoms with Crippen molar-refractivity contribution in [1.82, 2.24) is 4.31 Å². The zero-order valence-electron chi connectivity index (χ0n) is 9.64. The van der Waals surface area contributed by atoms with Gasteiger partial charge in [-0.2, -0.15) is 4.31 Å². The van der Waals surface area contributed by atoms with Crippen molar-refractivity contribution in [2.45, 2.75) is 23.7 Å². The third kappa shape index (κ3) is 2.76. The van der Waals surface area contributed by atoms with Crippen molar-refractivity contribution in [2.24, 2.45) is 5.92 Å². The first-order valence-electron chi connectivity index (χ1n) is 5.45. The van der Waals surface area contributed by atoms with Crippen LogP contribution in [-0.4, -0.2) is 37.0 Å². The Morgan fingerprint density at radius 1 is 1.67 bits per heavy atom. The highest BCUT2D eigenvalue weighted by Crippen LogP contribution is 2.37. The SMILES string of the molecule is CC(O)C1CCN(S(=O)(=O)c2cc(Cl)c(Br)s2)C1. The van der Waals surface area contributed by atoms with Crippen molar-refractivity contribution in [2.75, 3.05) is 13.1 Å². The molecule has 1 aliphatic heterocycles. The zero-order valence-corrected chi connectivity index (χ0v) is 13.6. The van der Waals surface area contributed by atoms with Gasteiger partial charge in [-0.3, -0.25) is 0 Å². The van der Waals surface area contributed by atoms with Crippen LogP contribution in [0, 0.1) is 5.92 Å². The van der Waals surface area contributed by atoms with Gasteiger partial charge < -0.3 is 5.11 Å². The lowest BCUT2D eigenvalue weighted by molar-refractivity contribution is 0.133. The van der Waals surface area contributed by atoms with E-state index in [-0.39, 0.29) is 10.1 Å². The summed E-state index contributed by atoms with van der Waals surface area (Å²) in [5.41, 5.74) is 0. The summed E-state index contributed by atoms with van der Waals surface area (Å²) in [5, 5.41) is 9.91. The Hall–Kier alpha value is 0.340. The fourth-order valence-electron chi connectivity index (χ4n) is 1.95. The number of thiophene rings is 1. The van der Waals surface area contributed by atoms with Crippen LogP contribution in [0.15, 0.2) is 14.1 Å². The van der Waals surface area contributed by atoms with Crippen LogP contribution in [-0.2, 0) is 10.0 Å². The van der Waals surface area contributed by atoms with E-state index in [1.54, 1.807) is 6.92 Å². The highest BCUT2D eigenvalue weighted by atomic mass is 79.9. The molecule has 18 heavy (non-hydrogen) atoms. The molecule has 1 N–H and O–H groups in total. The van der Waals surface area contributed by atoms with Crippen LogP contribution in [0.4, 0.5) is 0 Å². The van der Waals surface area contributed by atoms with E-state index in [1.165, 1.54) is 10.4 Å². The monoisotopic (exact) mass is 373 g/mol. The predicted octanol–water partition coefficient (Wildman–Crippen LogP) is 2.56. The molecular formula is C10H13BrClNO3S2. The standard InChI is InChI=1S/C10H13BrClNO3S2/c1-6(14)7-2-3-13(5-7)18(15,16)9-4-8(12)10(11)17-9/h4,6-7,14H,2-3,5H2,1H3. The first-order chi connectivity index (χ1) is 8.32. The molecule has 0 saturated carbocycles. The van der Waals surface area contributed by atoms with Gasteiger partial charge in [0.15, 0.2) is 0 Å². The fraction of sp³-hybridized carbons (Fsp3) is 0.600. The topological polar surface area (TPSA) is 57.6 Å². The van der Waals surface area contributed by atoms with Gasteiger partial charge in [0.1, 0.15) is 4.21 Å². The Balaban J connectivity index is 2.23. The summed E-state index contributed by atoms with van der Waals surface area (Å²) < 4.78 is 27.0. The van der Waals surface area contributed by atoms with E-state index in [0.717, 1.165) is 11.3 Å². The fourth-order valence-corrected chi connectivity index (χ4v) is 6.01. The zero-order chi connectivity index (χ0) is 13.5. The first-order valence-corrected chi connectivity index (χ1v) is 8.88. The molecule has 1 fully saturated rings. The van der Waals surface area contributed by atoms with Crippen LogP contribution >= 0.6 is 38.9 Å². The number of aliphatic hydroxyl groups is 1. The predicted molar refractivity (Wildman–Crippen MR) is 75.6 cm³/mol. The van der Waals surface area contributed by atoms with Crippen LogP contribution in [0.2, 0.25) is 5.02 Å². The van der Waals surface area contributed by atoms with Crippen LogP contribution in [0.3, 0.4) is 0 Å². The quantitative estimate of drug-likeness (QED) is 0.884. The van der Waals surface area contributed by atoms with E-state index in [4.69, 9.17) is 11.6 Å². The molecule has 102 valence electrons. The molecule has 0 bridgehead atoms. The van der Waals surface area contributed by atoms with Crippen molar-refractivity contribution in [1.29, 1.82) is 0 Å². The van der Waals surface area contributed by atoms with E-state index in [1.807, 2.05) is 0 Å². The average Bonchev–Trinajstić information content (AvgIpc) is 2.87. The highest BCUT2D eigenvalue weighted by molar-refractivity contribution is 9.11. The molecule has 1 aromatic heterocycles. The minimum Gasteiger partial charge on any atom is -0.393 e. The molecule has 0 radical (unpaired) electrons. The second-order valence-electron chi connectivity index (χ2n) is 4.34. The molecule has 4 nitrogen and oxygen atoms in total. The molecule has 2 unspecified atom stereocenters. The molecule has 8 heteroatoms. The molecule has 1 saturated heterocycles. The smallest absolute Gasteiger partial charge is 0.252 e. The van der Waals surface area contributed by atoms with E-state index in [9.17, 15) is 13.5 Å². The molecule has 0 amide bonds. The molecule has 0 spiro atoms. The van der Waals surface area contributed by atoms with Gasteiger partial charge >= 0.3 is 0 Å². The Bertz CT molecular complexity index is 524. The normalized spacial score (nSPS) is 23.4. The van der Waals surface area contributed by atoms with Crippen LogP contribution in [0.5, 0.6) is 0 Å². The van der Waals surface area contributed by atoms with Gasteiger partial charge in [-0.25, -0.2) is 8.42 Å². The Morgan fingerprint density at radius 2 is 2.33 bits per heavy atom. The first kappa shape index (κ1) is 14.7. The van der Waals surface area contributed by atoms with Gasteiger partial charge in [-0.15, -0.1) is 11.3 Å². The summed E-state index contributed by atoms with van der Waals surface area (Å²) in [5.74, 6) is 0.0126. The van der Waals surface area contributed by atoms with Crippen LogP contribution < -0.4 is 0 Å². The van der Waals surface area contributed by atoms with Crippen molar-refractivity contribution in [3.63, 3.8) is 0 Å². The van der Waals surface area contributed by atoms with Crippen LogP contribution in [0.25, 0.3) is 0 Å². The molecule has 2 atom stereocenters. The highest BCUT2D eigenvalue weighted by Gasteiger charge is 2.35. The molecule has 1 aromatic rings. The lowest BCUT2D eigenvalue weighted by Crippen LogP contribution is -2.30. The lowest BCUT2D eigenvalue weighted by atomic mass is 10.0. The largest absolute Gasteiger partial charge is 0.393 e. The summed E-state index contributed by atoms with van der Waals surface area (Å²) in [4.78, 5) is 0. The molecule has 0 aliphatic carbocycles. The summed E-state index contributed by atoms with van der Waals surface area (Å²) in [6.07, 6.45) is 0.209. The van der Waals surface area contributed by atoms with Crippen molar-refractivity contribution in [3.8, 4) is 0 Å². The maximum absolute atomic E-state index is 12.3. The second-order valence-corrected chi connectivity index (χ2v) is 9.28. The maximum Gasteiger partial charge on any atom is 0.252 e. The minimum absolute atomic E-state index is 0.0126. The molecule has 0 aromatic carbocycles. The Kier molecular flexibility index (Phi) is 4.40. The van der Waals surface area contributed by atoms with E-state index < -0.39 is 16.1 Å². The number of nitrogens with zero attached hydrogens (tertiary/aromatic N) is 1. The van der Waals surface area contributed by atoms with Crippen LogP contribution in [0.1, 0.15) is 13.3 Å². The summed E-state index contributed by atoms with van der Waals surface area (Å²) in [6.45, 7) is 2.51. The number of hydrogen-bond donors (Lipinski definition) is 1. The number of hydrogen-bond acceptors (Lipinski definition) is 4. The van der Waals surface area contributed by atoms with E-state index in [0.29, 0.717) is 28.3 Å². The third-order valence-electron chi connectivity index (χ3n) is 3.09. The molecule has 2 rings (SSSR count). The van der Waals surface area contributed by atoms with E-state index in [2.05, 4.69) is 15.9 Å². The van der Waals surface area contributed by atoms with Gasteiger partial charge in [0.25, 0.3) is 10.0 Å². The average molecular weight is 375 g/mol. The molecule has 1 aliphatic rings. The van der Waals surface area contributed by atoms with Crippen molar-refractivity contribution in [3.05, 3.63) is 14.9 Å². The van der Waals surface area contributed by atoms with Gasteiger partial charge in [-0.05, 0) is 41.3 Å². The summed E-state index contributed by atoms with van der Waals surface area (Å²) >= 11 is 10.2. The maximum atomic E-state index is 12.3. The molecule has 2 heterocycles. The van der Waals surface area contributed by atoms with Crippen molar-refractivity contribution >= 4 is 48.9 Å². The van der Waals surface area contributed by atoms with Gasteiger partial charge in [-0.1, -0.05) is 11.6 Å². The number of sulfonamides is 1. The number of halogens is 2. The summed E-state index contributed by atoms with van der Waals surface area (Å²) in [7, 11) is -3.48. The Morgan fingerprint density at radius 3 is 2.78 bits per heavy atom. The second kappa shape index (κ2) is 5.38. The Labute approximate surface area is 124 Å². The van der Waals surface area contributed by atoms with Gasteiger partial charge in [0, 0.05) is 13.1 Å². The van der Waals surface area contributed by atoms with Crippen molar-refractivity contribution < 1.29 is 13.5 Å². The number of aliphatic hydroxyl groups excluding tert-OH is 1. The summed E-state index contributed by atoms with van der Waals surface area (Å²) in [6, 6.07) is 1.46. The minimum atomic E-state index is -3.48. The third-order valence-corrected chi connectivity index (χ3v) is 7.88. The lowest BCUT2D eigenvalue weighted by Gasteiger charge is -2.16. The van der Waals surface area contributed by atoms with Gasteiger partial charge in [0.2, 0.25) is 0 Å². The van der Waals surface area contributed by atoms with E-state index >= 15 is 0 Å². The molecular weight excluding hydrogens is 362 g/mol. The van der Waals surface area contributed by atoms with Gasteiger partial charge in [0.05, 0.1) is 14.9 Å². The number of rotatable bonds is 3.